The van der Waals surface area contributed by atoms with Gasteiger partial charge in [-0.2, -0.15) is 0 Å². The van der Waals surface area contributed by atoms with Crippen LogP contribution in [-0.2, 0) is 18.7 Å². The molecular weight excluding hydrogens is 494 g/mol. The number of nitrogens with zero attached hydrogens (tertiary/aromatic N) is 1. The van der Waals surface area contributed by atoms with Crippen LogP contribution in [0.2, 0.25) is 0 Å². The molecule has 0 bridgehead atoms. The number of ether oxygens (including phenoxy) is 4. The van der Waals surface area contributed by atoms with Crippen molar-refractivity contribution in [2.75, 3.05) is 35.0 Å². The van der Waals surface area contributed by atoms with Crippen LogP contribution in [0.25, 0.3) is 0 Å². The summed E-state index contributed by atoms with van der Waals surface area (Å²) in [5.41, 5.74) is 0.950. The van der Waals surface area contributed by atoms with Gasteiger partial charge in [0.25, 0.3) is 0 Å². The van der Waals surface area contributed by atoms with Crippen molar-refractivity contribution < 1.29 is 28.5 Å². The lowest BCUT2D eigenvalue weighted by Crippen LogP contribution is -2.28. The third kappa shape index (κ3) is 6.21. The van der Waals surface area contributed by atoms with E-state index in [1.807, 2.05) is 78.9 Å². The Hall–Kier alpha value is -3.94. The number of hydrogen-bond donors (Lipinski definition) is 1. The third-order valence-electron chi connectivity index (χ3n) is 6.81. The van der Waals surface area contributed by atoms with Gasteiger partial charge in [0.15, 0.2) is 17.1 Å². The Morgan fingerprint density at radius 1 is 0.692 bits per heavy atom. The van der Waals surface area contributed by atoms with Crippen molar-refractivity contribution in [1.29, 1.82) is 0 Å². The van der Waals surface area contributed by atoms with E-state index >= 15 is 0 Å². The molecule has 1 aromatic heterocycles. The first kappa shape index (κ1) is 28.1. The maximum atomic E-state index is 12.2. The molecule has 0 fully saturated rings. The molecule has 1 N–H and O–H groups in total. The van der Waals surface area contributed by atoms with Gasteiger partial charge in [-0.25, -0.2) is 0 Å². The fourth-order valence-corrected chi connectivity index (χ4v) is 4.76. The fraction of sp³-hybridized carbons (Fsp3) is 0.312. The van der Waals surface area contributed by atoms with Crippen LogP contribution in [0.3, 0.4) is 0 Å². The second-order valence-corrected chi connectivity index (χ2v) is 9.33. The van der Waals surface area contributed by atoms with Crippen molar-refractivity contribution in [2.24, 2.45) is 0 Å². The highest BCUT2D eigenvalue weighted by Crippen LogP contribution is 2.39. The normalized spacial score (nSPS) is 11.5. The quantitative estimate of drug-likeness (QED) is 0.226. The van der Waals surface area contributed by atoms with Crippen LogP contribution in [0.1, 0.15) is 41.6 Å². The predicted molar refractivity (Wildman–Crippen MR) is 151 cm³/mol. The predicted octanol–water partition coefficient (Wildman–Crippen LogP) is 6.01. The number of aliphatic hydroxyl groups is 1. The SMILES string of the molecule is CCCN(Cc1ccc(OC)c(OC)c1)Cc1ccc(C(O)(c2ccc(OC)cc2)c2ccc(OC)cc2)o1. The third-order valence-corrected chi connectivity index (χ3v) is 6.81. The monoisotopic (exact) mass is 531 g/mol. The van der Waals surface area contributed by atoms with Crippen LogP contribution in [0.5, 0.6) is 23.0 Å². The largest absolute Gasteiger partial charge is 0.497 e. The fourth-order valence-electron chi connectivity index (χ4n) is 4.76. The molecule has 0 saturated carbocycles. The number of benzene rings is 3. The molecule has 3 aromatic carbocycles. The zero-order valence-corrected chi connectivity index (χ0v) is 23.3. The summed E-state index contributed by atoms with van der Waals surface area (Å²) >= 11 is 0. The molecule has 1 heterocycles. The molecule has 0 saturated heterocycles. The van der Waals surface area contributed by atoms with Crippen LogP contribution in [0, 0.1) is 0 Å². The molecule has 0 amide bonds. The van der Waals surface area contributed by atoms with E-state index in [0.29, 0.717) is 53.0 Å². The van der Waals surface area contributed by atoms with Crippen LogP contribution in [0.15, 0.2) is 83.3 Å². The summed E-state index contributed by atoms with van der Waals surface area (Å²) in [5.74, 6) is 4.03. The van der Waals surface area contributed by atoms with Gasteiger partial charge in [-0.1, -0.05) is 37.3 Å². The Balaban J connectivity index is 1.64. The minimum atomic E-state index is -1.50. The van der Waals surface area contributed by atoms with Gasteiger partial charge in [0.05, 0.1) is 35.0 Å². The van der Waals surface area contributed by atoms with Gasteiger partial charge in [0.1, 0.15) is 23.0 Å². The van der Waals surface area contributed by atoms with Crippen molar-refractivity contribution in [1.82, 2.24) is 4.90 Å². The summed E-state index contributed by atoms with van der Waals surface area (Å²) in [6.45, 7) is 4.34. The molecule has 206 valence electrons. The molecule has 4 rings (SSSR count). The molecule has 7 nitrogen and oxygen atoms in total. The summed E-state index contributed by atoms with van der Waals surface area (Å²) in [6, 6.07) is 24.5. The van der Waals surface area contributed by atoms with E-state index in [2.05, 4.69) is 11.8 Å². The maximum absolute atomic E-state index is 12.2. The second kappa shape index (κ2) is 12.7. The summed E-state index contributed by atoms with van der Waals surface area (Å²) in [4.78, 5) is 2.31. The van der Waals surface area contributed by atoms with Crippen LogP contribution in [0.4, 0.5) is 0 Å². The molecule has 0 radical (unpaired) electrons. The Bertz CT molecular complexity index is 1280. The van der Waals surface area contributed by atoms with Crippen molar-refractivity contribution >= 4 is 0 Å². The summed E-state index contributed by atoms with van der Waals surface area (Å²) in [5, 5.41) is 12.2. The smallest absolute Gasteiger partial charge is 0.173 e. The van der Waals surface area contributed by atoms with Gasteiger partial charge < -0.3 is 28.5 Å². The first-order chi connectivity index (χ1) is 18.9. The number of rotatable bonds is 13. The first-order valence-electron chi connectivity index (χ1n) is 13.0. The first-order valence-corrected chi connectivity index (χ1v) is 13.0. The van der Waals surface area contributed by atoms with E-state index < -0.39 is 5.60 Å². The number of methoxy groups -OCH3 is 4. The summed E-state index contributed by atoms with van der Waals surface area (Å²) in [6.07, 6.45) is 0.989. The van der Waals surface area contributed by atoms with E-state index in [1.165, 1.54) is 0 Å². The molecule has 0 spiro atoms. The Kier molecular flexibility index (Phi) is 9.17. The molecule has 0 aliphatic heterocycles. The minimum absolute atomic E-state index is 0.440. The van der Waals surface area contributed by atoms with E-state index in [-0.39, 0.29) is 0 Å². The van der Waals surface area contributed by atoms with Gasteiger partial charge >= 0.3 is 0 Å². The van der Waals surface area contributed by atoms with Gasteiger partial charge in [0, 0.05) is 6.54 Å². The molecule has 0 aliphatic carbocycles. The van der Waals surface area contributed by atoms with E-state index in [1.54, 1.807) is 28.4 Å². The Morgan fingerprint density at radius 3 is 1.79 bits per heavy atom. The molecule has 0 atom stereocenters. The summed E-state index contributed by atoms with van der Waals surface area (Å²) in [7, 11) is 6.51. The molecule has 0 unspecified atom stereocenters. The zero-order chi connectivity index (χ0) is 27.8. The zero-order valence-electron chi connectivity index (χ0n) is 23.3. The highest BCUT2D eigenvalue weighted by atomic mass is 16.5. The lowest BCUT2D eigenvalue weighted by Gasteiger charge is -2.28. The Morgan fingerprint density at radius 2 is 1.28 bits per heavy atom. The van der Waals surface area contributed by atoms with E-state index in [0.717, 1.165) is 24.3 Å². The standard InChI is InChI=1S/C32H37NO6/c1-6-19-33(21-23-7-17-29(37-4)30(20-23)38-5)22-28-16-18-31(39-28)32(34,24-8-12-26(35-2)13-9-24)25-10-14-27(36-3)15-11-25/h7-18,20,34H,6,19,21-22H2,1-5H3. The average molecular weight is 532 g/mol. The van der Waals surface area contributed by atoms with E-state index in [4.69, 9.17) is 23.4 Å². The van der Waals surface area contributed by atoms with Gasteiger partial charge in [-0.05, 0) is 78.2 Å². The summed E-state index contributed by atoms with van der Waals surface area (Å²) < 4.78 is 27.9. The van der Waals surface area contributed by atoms with Crippen molar-refractivity contribution in [3.05, 3.63) is 107 Å². The molecule has 7 heteroatoms. The van der Waals surface area contributed by atoms with Crippen LogP contribution >= 0.6 is 0 Å². The van der Waals surface area contributed by atoms with Crippen molar-refractivity contribution in [3.8, 4) is 23.0 Å². The van der Waals surface area contributed by atoms with Gasteiger partial charge in [-0.3, -0.25) is 4.90 Å². The molecular formula is C32H37NO6. The van der Waals surface area contributed by atoms with Crippen molar-refractivity contribution in [2.45, 2.75) is 32.0 Å². The lowest BCUT2D eigenvalue weighted by atomic mass is 9.84. The molecule has 0 aliphatic rings. The molecule has 4 aromatic rings. The van der Waals surface area contributed by atoms with Crippen molar-refractivity contribution in [3.63, 3.8) is 0 Å². The van der Waals surface area contributed by atoms with E-state index in [9.17, 15) is 5.11 Å². The van der Waals surface area contributed by atoms with Gasteiger partial charge in [-0.15, -0.1) is 0 Å². The Labute approximate surface area is 230 Å². The van der Waals surface area contributed by atoms with Crippen LogP contribution in [-0.4, -0.2) is 45.0 Å². The average Bonchev–Trinajstić information content (AvgIpc) is 3.45. The second-order valence-electron chi connectivity index (χ2n) is 9.33. The lowest BCUT2D eigenvalue weighted by molar-refractivity contribution is 0.0951. The molecule has 39 heavy (non-hydrogen) atoms. The topological polar surface area (TPSA) is 73.5 Å². The highest BCUT2D eigenvalue weighted by molar-refractivity contribution is 5.47. The van der Waals surface area contributed by atoms with Gasteiger partial charge in [0.2, 0.25) is 0 Å². The maximum Gasteiger partial charge on any atom is 0.173 e. The number of furan rings is 1. The number of hydrogen-bond acceptors (Lipinski definition) is 7. The van der Waals surface area contributed by atoms with Crippen LogP contribution < -0.4 is 18.9 Å². The minimum Gasteiger partial charge on any atom is -0.497 e. The highest BCUT2D eigenvalue weighted by Gasteiger charge is 2.37.